The van der Waals surface area contributed by atoms with E-state index in [-0.39, 0.29) is 12.0 Å². The van der Waals surface area contributed by atoms with Crippen LogP contribution in [-0.4, -0.2) is 16.0 Å². The molecular formula is C40H31N3. The summed E-state index contributed by atoms with van der Waals surface area (Å²) in [7, 11) is 0. The van der Waals surface area contributed by atoms with Gasteiger partial charge in [0.05, 0.1) is 23.1 Å². The van der Waals surface area contributed by atoms with Crippen molar-refractivity contribution >= 4 is 11.6 Å². The van der Waals surface area contributed by atoms with E-state index in [9.17, 15) is 0 Å². The highest BCUT2D eigenvalue weighted by molar-refractivity contribution is 5.87. The Morgan fingerprint density at radius 2 is 1.26 bits per heavy atom. The van der Waals surface area contributed by atoms with Crippen LogP contribution in [0.4, 0.5) is 11.6 Å². The summed E-state index contributed by atoms with van der Waals surface area (Å²) in [5, 5.41) is 0. The first kappa shape index (κ1) is 25.4. The zero-order valence-corrected chi connectivity index (χ0v) is 23.8. The summed E-state index contributed by atoms with van der Waals surface area (Å²) in [5.41, 5.74) is 11.5. The number of aromatic nitrogens is 2. The van der Waals surface area contributed by atoms with E-state index in [2.05, 4.69) is 144 Å². The lowest BCUT2D eigenvalue weighted by Crippen LogP contribution is -2.36. The standard InChI is InChI=1S/C40H31N3/c1-4-14-28(15-5-1)31-24-25-39-35(26-31)33-21-11-10-20-32(33)34-22-12-13-23-38(34)43(39)40-41-36(29-16-6-2-7-17-29)27-37(42-40)30-18-8-3-9-19-30/h2-4,6-27,35,39H,1,5H2. The molecule has 0 fully saturated rings. The van der Waals surface area contributed by atoms with Gasteiger partial charge in [0.15, 0.2) is 0 Å². The fourth-order valence-corrected chi connectivity index (χ4v) is 6.61. The van der Waals surface area contributed by atoms with Crippen molar-refractivity contribution in [2.75, 3.05) is 4.90 Å². The number of nitrogens with zero attached hydrogens (tertiary/aromatic N) is 3. The zero-order chi connectivity index (χ0) is 28.6. The molecule has 0 N–H and O–H groups in total. The fraction of sp³-hybridized carbons (Fsp3) is 0.100. The first-order chi connectivity index (χ1) is 21.3. The van der Waals surface area contributed by atoms with Gasteiger partial charge >= 0.3 is 0 Å². The molecule has 0 saturated carbocycles. The van der Waals surface area contributed by atoms with Crippen molar-refractivity contribution in [1.29, 1.82) is 0 Å². The smallest absolute Gasteiger partial charge is 0.231 e. The van der Waals surface area contributed by atoms with Crippen molar-refractivity contribution in [1.82, 2.24) is 9.97 Å². The largest absolute Gasteiger partial charge is 0.302 e. The molecule has 0 spiro atoms. The summed E-state index contributed by atoms with van der Waals surface area (Å²) in [5.74, 6) is 0.817. The Bertz CT molecular complexity index is 1870. The second-order valence-corrected chi connectivity index (χ2v) is 11.3. The average molecular weight is 554 g/mol. The predicted molar refractivity (Wildman–Crippen MR) is 177 cm³/mol. The molecule has 3 nitrogen and oxygen atoms in total. The fourth-order valence-electron chi connectivity index (χ4n) is 6.61. The van der Waals surface area contributed by atoms with Crippen LogP contribution in [0.5, 0.6) is 0 Å². The minimum atomic E-state index is -0.00336. The lowest BCUT2D eigenvalue weighted by atomic mass is 9.81. The molecule has 1 aliphatic heterocycles. The lowest BCUT2D eigenvalue weighted by molar-refractivity contribution is 0.681. The van der Waals surface area contributed by atoms with E-state index < -0.39 is 0 Å². The summed E-state index contributed by atoms with van der Waals surface area (Å²) in [6.45, 7) is 0. The number of hydrogen-bond donors (Lipinski definition) is 0. The molecule has 0 radical (unpaired) electrons. The van der Waals surface area contributed by atoms with Crippen molar-refractivity contribution in [3.63, 3.8) is 0 Å². The van der Waals surface area contributed by atoms with Crippen LogP contribution in [0.25, 0.3) is 33.6 Å². The first-order valence-electron chi connectivity index (χ1n) is 15.1. The quantitative estimate of drug-likeness (QED) is 0.222. The molecular weight excluding hydrogens is 522 g/mol. The zero-order valence-electron chi connectivity index (χ0n) is 23.8. The topological polar surface area (TPSA) is 29.0 Å². The molecule has 5 aromatic rings. The highest BCUT2D eigenvalue weighted by atomic mass is 15.3. The number of rotatable bonds is 4. The Labute approximate surface area is 252 Å². The van der Waals surface area contributed by atoms with Crippen LogP contribution < -0.4 is 4.90 Å². The van der Waals surface area contributed by atoms with E-state index in [4.69, 9.17) is 9.97 Å². The SMILES string of the molecule is C1=CC(C2=CC3c4ccccc4-c4ccccc4N(c4nc(-c5ccccc5)cc(-c5ccccc5)n4)C3C=C2)=CCC1. The van der Waals surface area contributed by atoms with Crippen molar-refractivity contribution < 1.29 is 0 Å². The molecule has 4 aromatic carbocycles. The van der Waals surface area contributed by atoms with Crippen LogP contribution in [0, 0.1) is 0 Å². The minimum Gasteiger partial charge on any atom is -0.302 e. The van der Waals surface area contributed by atoms with Gasteiger partial charge in [0, 0.05) is 22.6 Å². The Morgan fingerprint density at radius 1 is 0.605 bits per heavy atom. The Morgan fingerprint density at radius 3 is 1.95 bits per heavy atom. The maximum absolute atomic E-state index is 5.29. The lowest BCUT2D eigenvalue weighted by Gasteiger charge is -2.36. The molecule has 0 amide bonds. The monoisotopic (exact) mass is 553 g/mol. The second-order valence-electron chi connectivity index (χ2n) is 11.3. The van der Waals surface area contributed by atoms with Crippen LogP contribution in [0.15, 0.2) is 163 Å². The summed E-state index contributed by atoms with van der Waals surface area (Å²) in [4.78, 5) is 13.0. The van der Waals surface area contributed by atoms with Crippen LogP contribution in [-0.2, 0) is 0 Å². The molecule has 2 heterocycles. The van der Waals surface area contributed by atoms with Gasteiger partial charge in [-0.2, -0.15) is 0 Å². The predicted octanol–water partition coefficient (Wildman–Crippen LogP) is 9.85. The summed E-state index contributed by atoms with van der Waals surface area (Å²) >= 11 is 0. The van der Waals surface area contributed by atoms with Crippen molar-refractivity contribution in [3.05, 3.63) is 168 Å². The molecule has 0 bridgehead atoms. The highest BCUT2D eigenvalue weighted by Gasteiger charge is 2.37. The van der Waals surface area contributed by atoms with Gasteiger partial charge in [-0.3, -0.25) is 0 Å². The van der Waals surface area contributed by atoms with Crippen LogP contribution in [0.1, 0.15) is 24.3 Å². The Kier molecular flexibility index (Phi) is 6.42. The van der Waals surface area contributed by atoms with Crippen molar-refractivity contribution in [2.45, 2.75) is 24.8 Å². The Hall–Kier alpha value is -5.28. The molecule has 206 valence electrons. The number of anilines is 2. The van der Waals surface area contributed by atoms with Gasteiger partial charge in [-0.25, -0.2) is 9.97 Å². The number of benzene rings is 4. The molecule has 2 atom stereocenters. The van der Waals surface area contributed by atoms with E-state index in [0.29, 0.717) is 5.95 Å². The van der Waals surface area contributed by atoms with Crippen molar-refractivity contribution in [2.24, 2.45) is 0 Å². The normalized spacial score (nSPS) is 18.6. The second kappa shape index (κ2) is 10.8. The summed E-state index contributed by atoms with van der Waals surface area (Å²) in [6, 6.07) is 40.5. The van der Waals surface area contributed by atoms with Gasteiger partial charge in [0.2, 0.25) is 5.95 Å². The van der Waals surface area contributed by atoms with Crippen molar-refractivity contribution in [3.8, 4) is 33.6 Å². The molecule has 2 unspecified atom stereocenters. The van der Waals surface area contributed by atoms with E-state index in [0.717, 1.165) is 41.0 Å². The first-order valence-corrected chi connectivity index (χ1v) is 15.1. The van der Waals surface area contributed by atoms with E-state index in [1.165, 1.54) is 27.8 Å². The van der Waals surface area contributed by atoms with E-state index >= 15 is 0 Å². The molecule has 2 aliphatic carbocycles. The summed E-state index contributed by atoms with van der Waals surface area (Å²) in [6.07, 6.45) is 16.2. The van der Waals surface area contributed by atoms with Gasteiger partial charge in [-0.05, 0) is 47.2 Å². The van der Waals surface area contributed by atoms with E-state index in [1.807, 2.05) is 12.1 Å². The maximum Gasteiger partial charge on any atom is 0.231 e. The van der Waals surface area contributed by atoms with Crippen LogP contribution >= 0.6 is 0 Å². The number of hydrogen-bond acceptors (Lipinski definition) is 3. The van der Waals surface area contributed by atoms with Gasteiger partial charge in [0.1, 0.15) is 0 Å². The number of allylic oxidation sites excluding steroid dienone is 6. The Balaban J connectivity index is 1.37. The maximum atomic E-state index is 5.29. The third-order valence-electron chi connectivity index (χ3n) is 8.67. The summed E-state index contributed by atoms with van der Waals surface area (Å²) < 4.78 is 0. The molecule has 43 heavy (non-hydrogen) atoms. The van der Waals surface area contributed by atoms with Crippen LogP contribution in [0.2, 0.25) is 0 Å². The number of para-hydroxylation sites is 1. The molecule has 3 heteroatoms. The van der Waals surface area contributed by atoms with Gasteiger partial charge in [-0.1, -0.05) is 140 Å². The van der Waals surface area contributed by atoms with E-state index in [1.54, 1.807) is 0 Å². The third kappa shape index (κ3) is 4.64. The van der Waals surface area contributed by atoms with Gasteiger partial charge in [-0.15, -0.1) is 0 Å². The molecule has 8 rings (SSSR count). The average Bonchev–Trinajstić information content (AvgIpc) is 3.22. The van der Waals surface area contributed by atoms with Crippen LogP contribution in [0.3, 0.4) is 0 Å². The molecule has 1 aromatic heterocycles. The minimum absolute atomic E-state index is 0.00336. The molecule has 3 aliphatic rings. The van der Waals surface area contributed by atoms with Gasteiger partial charge in [0.25, 0.3) is 0 Å². The molecule has 0 saturated heterocycles. The highest BCUT2D eigenvalue weighted by Crippen LogP contribution is 2.48. The number of fused-ring (bicyclic) bond motifs is 5. The third-order valence-corrected chi connectivity index (χ3v) is 8.67. The van der Waals surface area contributed by atoms with Gasteiger partial charge < -0.3 is 4.90 Å².